The van der Waals surface area contributed by atoms with Crippen molar-refractivity contribution in [3.63, 3.8) is 0 Å². The third kappa shape index (κ3) is 5.01. The van der Waals surface area contributed by atoms with E-state index in [0.29, 0.717) is 32.4 Å². The lowest BCUT2D eigenvalue weighted by Gasteiger charge is -2.27. The standard InChI is InChI=1S/C23H29NO5/c1-2-27-20-8-6-18(7-9-20)21-4-3-11-24(21)13-19(25)15-26-14-17-5-10-22-23(12-17)29-16-28-22/h5-10,12,19,21,25H,2-4,11,13-16H2,1H3. The first-order chi connectivity index (χ1) is 14.2. The van der Waals surface area contributed by atoms with Crippen LogP contribution in [0.15, 0.2) is 42.5 Å². The number of benzene rings is 2. The molecule has 2 aromatic rings. The molecular weight excluding hydrogens is 370 g/mol. The molecule has 2 heterocycles. The summed E-state index contributed by atoms with van der Waals surface area (Å²) in [6.45, 7) is 5.28. The van der Waals surface area contributed by atoms with Crippen molar-refractivity contribution in [3.05, 3.63) is 53.6 Å². The van der Waals surface area contributed by atoms with Crippen molar-refractivity contribution in [1.82, 2.24) is 4.90 Å². The average Bonchev–Trinajstić information content (AvgIpc) is 3.38. The number of hydrogen-bond donors (Lipinski definition) is 1. The molecule has 2 aliphatic rings. The molecule has 1 N–H and O–H groups in total. The molecule has 6 heteroatoms. The molecule has 0 saturated carbocycles. The first-order valence-corrected chi connectivity index (χ1v) is 10.3. The van der Waals surface area contributed by atoms with Crippen LogP contribution in [0.5, 0.6) is 17.2 Å². The number of likely N-dealkylation sites (tertiary alicyclic amines) is 1. The van der Waals surface area contributed by atoms with Gasteiger partial charge in [-0.2, -0.15) is 0 Å². The van der Waals surface area contributed by atoms with Crippen molar-refractivity contribution in [1.29, 1.82) is 0 Å². The van der Waals surface area contributed by atoms with E-state index in [0.717, 1.165) is 42.2 Å². The fourth-order valence-electron chi connectivity index (χ4n) is 4.04. The Hall–Kier alpha value is -2.28. The fraction of sp³-hybridized carbons (Fsp3) is 0.478. The fourth-order valence-corrected chi connectivity index (χ4v) is 4.04. The smallest absolute Gasteiger partial charge is 0.231 e. The van der Waals surface area contributed by atoms with Gasteiger partial charge >= 0.3 is 0 Å². The second-order valence-corrected chi connectivity index (χ2v) is 7.51. The minimum atomic E-state index is -0.521. The molecule has 1 saturated heterocycles. The lowest BCUT2D eigenvalue weighted by molar-refractivity contribution is 0.00769. The Morgan fingerprint density at radius 1 is 1.14 bits per heavy atom. The molecule has 4 rings (SSSR count). The van der Waals surface area contributed by atoms with Crippen molar-refractivity contribution in [2.24, 2.45) is 0 Å². The number of aliphatic hydroxyl groups is 1. The number of aliphatic hydroxyl groups excluding tert-OH is 1. The van der Waals surface area contributed by atoms with Crippen molar-refractivity contribution in [2.75, 3.05) is 33.1 Å². The van der Waals surface area contributed by atoms with Crippen LogP contribution in [-0.2, 0) is 11.3 Å². The van der Waals surface area contributed by atoms with E-state index in [1.807, 2.05) is 37.3 Å². The average molecular weight is 399 g/mol. The molecule has 156 valence electrons. The number of fused-ring (bicyclic) bond motifs is 1. The molecular formula is C23H29NO5. The Labute approximate surface area is 171 Å². The maximum atomic E-state index is 10.5. The van der Waals surface area contributed by atoms with Crippen molar-refractivity contribution in [3.8, 4) is 17.2 Å². The highest BCUT2D eigenvalue weighted by Crippen LogP contribution is 2.34. The Balaban J connectivity index is 1.25. The molecule has 0 aliphatic carbocycles. The number of β-amino-alcohol motifs (C(OH)–C–C–N with tert-alkyl or cyclic N) is 1. The highest BCUT2D eigenvalue weighted by Gasteiger charge is 2.27. The first kappa shape index (κ1) is 20.0. The van der Waals surface area contributed by atoms with Crippen molar-refractivity contribution in [2.45, 2.75) is 38.5 Å². The van der Waals surface area contributed by atoms with E-state index in [9.17, 15) is 5.11 Å². The SMILES string of the molecule is CCOc1ccc(C2CCCN2CC(O)COCc2ccc3c(c2)OCO3)cc1. The number of ether oxygens (including phenoxy) is 4. The van der Waals surface area contributed by atoms with Crippen LogP contribution in [0.3, 0.4) is 0 Å². The molecule has 2 aliphatic heterocycles. The van der Waals surface area contributed by atoms with Gasteiger partial charge in [0, 0.05) is 12.6 Å². The summed E-state index contributed by atoms with van der Waals surface area (Å²) < 4.78 is 22.0. The van der Waals surface area contributed by atoms with Gasteiger partial charge in [-0.1, -0.05) is 18.2 Å². The largest absolute Gasteiger partial charge is 0.494 e. The minimum Gasteiger partial charge on any atom is -0.494 e. The number of hydrogen-bond acceptors (Lipinski definition) is 6. The molecule has 0 bridgehead atoms. The minimum absolute atomic E-state index is 0.268. The van der Waals surface area contributed by atoms with Crippen LogP contribution in [0.2, 0.25) is 0 Å². The second kappa shape index (κ2) is 9.48. The maximum absolute atomic E-state index is 10.5. The third-order valence-electron chi connectivity index (χ3n) is 5.40. The van der Waals surface area contributed by atoms with E-state index >= 15 is 0 Å². The van der Waals surface area contributed by atoms with Crippen LogP contribution in [0.4, 0.5) is 0 Å². The van der Waals surface area contributed by atoms with E-state index in [4.69, 9.17) is 18.9 Å². The maximum Gasteiger partial charge on any atom is 0.231 e. The molecule has 1 fully saturated rings. The van der Waals surface area contributed by atoms with Gasteiger partial charge in [-0.25, -0.2) is 0 Å². The molecule has 0 amide bonds. The van der Waals surface area contributed by atoms with Crippen LogP contribution in [0.1, 0.15) is 36.9 Å². The lowest BCUT2D eigenvalue weighted by atomic mass is 10.0. The molecule has 0 radical (unpaired) electrons. The van der Waals surface area contributed by atoms with E-state index in [1.165, 1.54) is 5.56 Å². The zero-order valence-electron chi connectivity index (χ0n) is 16.9. The summed E-state index contributed by atoms with van der Waals surface area (Å²) in [6.07, 6.45) is 1.73. The summed E-state index contributed by atoms with van der Waals surface area (Å²) >= 11 is 0. The highest BCUT2D eigenvalue weighted by atomic mass is 16.7. The van der Waals surface area contributed by atoms with Crippen molar-refractivity contribution >= 4 is 0 Å². The summed E-state index contributed by atoms with van der Waals surface area (Å²) in [6, 6.07) is 14.4. The molecule has 6 nitrogen and oxygen atoms in total. The van der Waals surface area contributed by atoms with Gasteiger partial charge in [0.25, 0.3) is 0 Å². The summed E-state index contributed by atoms with van der Waals surface area (Å²) in [5.74, 6) is 2.42. The van der Waals surface area contributed by atoms with Gasteiger partial charge in [0.05, 0.1) is 25.9 Å². The Morgan fingerprint density at radius 2 is 1.97 bits per heavy atom. The van der Waals surface area contributed by atoms with Crippen LogP contribution >= 0.6 is 0 Å². The van der Waals surface area contributed by atoms with Gasteiger partial charge in [0.1, 0.15) is 5.75 Å². The normalized spacial score (nSPS) is 19.4. The van der Waals surface area contributed by atoms with Crippen LogP contribution in [-0.4, -0.2) is 49.2 Å². The third-order valence-corrected chi connectivity index (χ3v) is 5.40. The quantitative estimate of drug-likeness (QED) is 0.696. The molecule has 29 heavy (non-hydrogen) atoms. The van der Waals surface area contributed by atoms with Crippen LogP contribution < -0.4 is 14.2 Å². The Bertz CT molecular complexity index is 794. The molecule has 2 unspecified atom stereocenters. The van der Waals surface area contributed by atoms with Gasteiger partial charge in [-0.3, -0.25) is 4.90 Å². The summed E-state index contributed by atoms with van der Waals surface area (Å²) in [4.78, 5) is 2.35. The zero-order chi connectivity index (χ0) is 20.1. The lowest BCUT2D eigenvalue weighted by Crippen LogP contribution is -2.34. The van der Waals surface area contributed by atoms with Gasteiger partial charge in [-0.15, -0.1) is 0 Å². The molecule has 0 aromatic heterocycles. The van der Waals surface area contributed by atoms with E-state index in [2.05, 4.69) is 17.0 Å². The number of nitrogens with zero attached hydrogens (tertiary/aromatic N) is 1. The van der Waals surface area contributed by atoms with E-state index in [1.54, 1.807) is 0 Å². The predicted octanol–water partition coefficient (Wildman–Crippen LogP) is 3.53. The van der Waals surface area contributed by atoms with Gasteiger partial charge in [0.2, 0.25) is 6.79 Å². The monoisotopic (exact) mass is 399 g/mol. The van der Waals surface area contributed by atoms with Crippen LogP contribution in [0.25, 0.3) is 0 Å². The molecule has 0 spiro atoms. The van der Waals surface area contributed by atoms with Gasteiger partial charge in [-0.05, 0) is 61.7 Å². The van der Waals surface area contributed by atoms with Gasteiger partial charge < -0.3 is 24.1 Å². The first-order valence-electron chi connectivity index (χ1n) is 10.3. The van der Waals surface area contributed by atoms with Gasteiger partial charge in [0.15, 0.2) is 11.5 Å². The van der Waals surface area contributed by atoms with Crippen molar-refractivity contribution < 1.29 is 24.1 Å². The predicted molar refractivity (Wildman–Crippen MR) is 109 cm³/mol. The molecule has 2 aromatic carbocycles. The molecule has 2 atom stereocenters. The zero-order valence-corrected chi connectivity index (χ0v) is 16.9. The van der Waals surface area contributed by atoms with E-state index in [-0.39, 0.29) is 6.79 Å². The Kier molecular flexibility index (Phi) is 6.54. The highest BCUT2D eigenvalue weighted by molar-refractivity contribution is 5.44. The summed E-state index contributed by atoms with van der Waals surface area (Å²) in [7, 11) is 0. The van der Waals surface area contributed by atoms with E-state index < -0.39 is 6.10 Å². The topological polar surface area (TPSA) is 60.4 Å². The van der Waals surface area contributed by atoms with Crippen LogP contribution in [0, 0.1) is 0 Å². The summed E-state index contributed by atoms with van der Waals surface area (Å²) in [5, 5.41) is 10.5. The summed E-state index contributed by atoms with van der Waals surface area (Å²) in [5.41, 5.74) is 2.29. The number of rotatable bonds is 9. The Morgan fingerprint density at radius 3 is 2.79 bits per heavy atom. The second-order valence-electron chi connectivity index (χ2n) is 7.51.